The Hall–Kier alpha value is -0.420. The molecular weight excluding hydrogens is 200 g/mol. The van der Waals surface area contributed by atoms with Gasteiger partial charge in [0.05, 0.1) is 6.04 Å². The molecule has 4 nitrogen and oxygen atoms in total. The van der Waals surface area contributed by atoms with E-state index in [2.05, 4.69) is 5.32 Å². The summed E-state index contributed by atoms with van der Waals surface area (Å²) in [6, 6.07) is -0.521. The molecule has 0 saturated carbocycles. The predicted octanol–water partition coefficient (Wildman–Crippen LogP) is -0.145. The van der Waals surface area contributed by atoms with Crippen LogP contribution in [0.2, 0.25) is 0 Å². The van der Waals surface area contributed by atoms with Crippen molar-refractivity contribution in [2.24, 2.45) is 11.1 Å². The highest BCUT2D eigenvalue weighted by molar-refractivity contribution is 7.84. The number of carbonyl (C=O) groups is 1. The van der Waals surface area contributed by atoms with Gasteiger partial charge in [0.25, 0.3) is 0 Å². The molecule has 0 aliphatic carbocycles. The first-order chi connectivity index (χ1) is 6.25. The minimum Gasteiger partial charge on any atom is -0.354 e. The van der Waals surface area contributed by atoms with Gasteiger partial charge in [-0.2, -0.15) is 0 Å². The Morgan fingerprint density at radius 1 is 1.50 bits per heavy atom. The van der Waals surface area contributed by atoms with Gasteiger partial charge >= 0.3 is 0 Å². The van der Waals surface area contributed by atoms with Crippen molar-refractivity contribution in [3.05, 3.63) is 0 Å². The zero-order valence-electron chi connectivity index (χ0n) is 9.29. The summed E-state index contributed by atoms with van der Waals surface area (Å²) in [6.45, 7) is 6.16. The smallest absolute Gasteiger partial charge is 0.237 e. The van der Waals surface area contributed by atoms with Gasteiger partial charge in [0.15, 0.2) is 0 Å². The standard InChI is InChI=1S/C9H20N2O2S/c1-9(2,3)7(10)8(12)11-5-6-14(4)13/h7H,5-6,10H2,1-4H3,(H,11,12)/t7-,14?/m1/s1. The molecule has 0 aliphatic rings. The van der Waals surface area contributed by atoms with Gasteiger partial charge in [0.1, 0.15) is 0 Å². The maximum atomic E-state index is 11.4. The SMILES string of the molecule is CS(=O)CCNC(=O)[C@@H](N)C(C)(C)C. The quantitative estimate of drug-likeness (QED) is 0.692. The summed E-state index contributed by atoms with van der Waals surface area (Å²) in [6.07, 6.45) is 1.61. The van der Waals surface area contributed by atoms with Crippen LogP contribution < -0.4 is 11.1 Å². The van der Waals surface area contributed by atoms with Gasteiger partial charge in [0, 0.05) is 29.4 Å². The van der Waals surface area contributed by atoms with Crippen LogP contribution in [-0.2, 0) is 15.6 Å². The number of carbonyl (C=O) groups excluding carboxylic acids is 1. The fraction of sp³-hybridized carbons (Fsp3) is 0.889. The zero-order valence-corrected chi connectivity index (χ0v) is 10.1. The Balaban J connectivity index is 3.91. The van der Waals surface area contributed by atoms with Gasteiger partial charge in [-0.3, -0.25) is 9.00 Å². The highest BCUT2D eigenvalue weighted by Gasteiger charge is 2.26. The Kier molecular flexibility index (Phi) is 5.29. The number of rotatable bonds is 4. The third-order valence-corrected chi connectivity index (χ3v) is 2.68. The van der Waals surface area contributed by atoms with Crippen molar-refractivity contribution < 1.29 is 9.00 Å². The number of hydrogen-bond acceptors (Lipinski definition) is 3. The molecule has 0 aromatic carbocycles. The van der Waals surface area contributed by atoms with Gasteiger partial charge in [-0.05, 0) is 5.41 Å². The van der Waals surface area contributed by atoms with E-state index in [1.165, 1.54) is 0 Å². The topological polar surface area (TPSA) is 72.2 Å². The third kappa shape index (κ3) is 5.34. The van der Waals surface area contributed by atoms with E-state index in [1.807, 2.05) is 20.8 Å². The molecule has 84 valence electrons. The van der Waals surface area contributed by atoms with Crippen LogP contribution in [-0.4, -0.2) is 34.7 Å². The lowest BCUT2D eigenvalue weighted by Gasteiger charge is -2.25. The molecule has 0 radical (unpaired) electrons. The van der Waals surface area contributed by atoms with E-state index >= 15 is 0 Å². The van der Waals surface area contributed by atoms with E-state index < -0.39 is 16.8 Å². The molecule has 0 heterocycles. The Labute approximate surface area is 88.1 Å². The van der Waals surface area contributed by atoms with Gasteiger partial charge in [-0.25, -0.2) is 0 Å². The highest BCUT2D eigenvalue weighted by Crippen LogP contribution is 2.16. The second-order valence-corrected chi connectivity index (χ2v) is 5.97. The molecule has 0 fully saturated rings. The Morgan fingerprint density at radius 3 is 2.36 bits per heavy atom. The number of amides is 1. The predicted molar refractivity (Wildman–Crippen MR) is 59.4 cm³/mol. The largest absolute Gasteiger partial charge is 0.354 e. The van der Waals surface area contributed by atoms with Crippen LogP contribution in [0.1, 0.15) is 20.8 Å². The maximum absolute atomic E-state index is 11.4. The Bertz CT molecular complexity index is 223. The van der Waals surface area contributed by atoms with Crippen LogP contribution in [0.3, 0.4) is 0 Å². The summed E-state index contributed by atoms with van der Waals surface area (Å²) < 4.78 is 10.7. The van der Waals surface area contributed by atoms with Crippen LogP contribution in [0.15, 0.2) is 0 Å². The first-order valence-electron chi connectivity index (χ1n) is 4.58. The van der Waals surface area contributed by atoms with Crippen molar-refractivity contribution in [3.8, 4) is 0 Å². The second kappa shape index (κ2) is 5.46. The van der Waals surface area contributed by atoms with Crippen molar-refractivity contribution in [1.29, 1.82) is 0 Å². The molecular formula is C9H20N2O2S. The molecule has 1 amide bonds. The first kappa shape index (κ1) is 13.6. The van der Waals surface area contributed by atoms with Crippen molar-refractivity contribution >= 4 is 16.7 Å². The van der Waals surface area contributed by atoms with Gasteiger partial charge in [-0.15, -0.1) is 0 Å². The highest BCUT2D eigenvalue weighted by atomic mass is 32.2. The summed E-state index contributed by atoms with van der Waals surface area (Å²) in [5, 5.41) is 2.66. The van der Waals surface area contributed by atoms with E-state index in [0.717, 1.165) is 0 Å². The lowest BCUT2D eigenvalue weighted by Crippen LogP contribution is -2.49. The zero-order chi connectivity index (χ0) is 11.4. The van der Waals surface area contributed by atoms with E-state index in [9.17, 15) is 9.00 Å². The molecule has 5 heteroatoms. The number of nitrogens with two attached hydrogens (primary N) is 1. The van der Waals surface area contributed by atoms with E-state index in [0.29, 0.717) is 12.3 Å². The normalized spacial score (nSPS) is 16.1. The molecule has 2 atom stereocenters. The van der Waals surface area contributed by atoms with Crippen LogP contribution in [0.4, 0.5) is 0 Å². The van der Waals surface area contributed by atoms with E-state index in [1.54, 1.807) is 6.26 Å². The fourth-order valence-corrected chi connectivity index (χ4v) is 1.21. The second-order valence-electron chi connectivity index (χ2n) is 4.41. The van der Waals surface area contributed by atoms with Crippen molar-refractivity contribution in [1.82, 2.24) is 5.32 Å². The number of hydrogen-bond donors (Lipinski definition) is 2. The summed E-state index contributed by atoms with van der Waals surface area (Å²) in [7, 11) is -0.872. The monoisotopic (exact) mass is 220 g/mol. The first-order valence-corrected chi connectivity index (χ1v) is 6.31. The molecule has 0 aromatic rings. The molecule has 0 aromatic heterocycles. The maximum Gasteiger partial charge on any atom is 0.237 e. The lowest BCUT2D eigenvalue weighted by atomic mass is 9.87. The molecule has 1 unspecified atom stereocenters. The van der Waals surface area contributed by atoms with E-state index in [4.69, 9.17) is 5.73 Å². The molecule has 0 aliphatic heterocycles. The van der Waals surface area contributed by atoms with Crippen LogP contribution in [0, 0.1) is 5.41 Å². The number of nitrogens with one attached hydrogen (secondary N) is 1. The van der Waals surface area contributed by atoms with E-state index in [-0.39, 0.29) is 11.3 Å². The average molecular weight is 220 g/mol. The Morgan fingerprint density at radius 2 is 2.00 bits per heavy atom. The van der Waals surface area contributed by atoms with Crippen LogP contribution >= 0.6 is 0 Å². The third-order valence-electron chi connectivity index (χ3n) is 1.90. The summed E-state index contributed by atoms with van der Waals surface area (Å²) in [5.74, 6) is 0.297. The average Bonchev–Trinajstić information content (AvgIpc) is 2.00. The van der Waals surface area contributed by atoms with Crippen molar-refractivity contribution in [2.75, 3.05) is 18.6 Å². The molecule has 3 N–H and O–H groups in total. The van der Waals surface area contributed by atoms with Crippen LogP contribution in [0.5, 0.6) is 0 Å². The molecule has 14 heavy (non-hydrogen) atoms. The minimum atomic E-state index is -0.872. The van der Waals surface area contributed by atoms with Crippen molar-refractivity contribution in [2.45, 2.75) is 26.8 Å². The fourth-order valence-electron chi connectivity index (χ4n) is 0.821. The summed E-state index contributed by atoms with van der Waals surface area (Å²) >= 11 is 0. The van der Waals surface area contributed by atoms with Crippen molar-refractivity contribution in [3.63, 3.8) is 0 Å². The lowest BCUT2D eigenvalue weighted by molar-refractivity contribution is -0.124. The molecule has 0 rings (SSSR count). The minimum absolute atomic E-state index is 0.178. The molecule has 0 spiro atoms. The van der Waals surface area contributed by atoms with Gasteiger partial charge in [0.2, 0.25) is 5.91 Å². The molecule has 0 bridgehead atoms. The van der Waals surface area contributed by atoms with Gasteiger partial charge < -0.3 is 11.1 Å². The van der Waals surface area contributed by atoms with Gasteiger partial charge in [-0.1, -0.05) is 20.8 Å². The summed E-state index contributed by atoms with van der Waals surface area (Å²) in [5.41, 5.74) is 5.48. The summed E-state index contributed by atoms with van der Waals surface area (Å²) in [4.78, 5) is 11.4. The molecule has 0 saturated heterocycles. The van der Waals surface area contributed by atoms with Crippen LogP contribution in [0.25, 0.3) is 0 Å².